The lowest BCUT2D eigenvalue weighted by molar-refractivity contribution is 0.0653. The van der Waals surface area contributed by atoms with E-state index in [9.17, 15) is 9.90 Å². The molecule has 0 amide bonds. The summed E-state index contributed by atoms with van der Waals surface area (Å²) in [4.78, 5) is 10.9. The zero-order valence-electron chi connectivity index (χ0n) is 8.47. The summed E-state index contributed by atoms with van der Waals surface area (Å²) in [6, 6.07) is 6.28. The van der Waals surface area contributed by atoms with Gasteiger partial charge in [0.1, 0.15) is 5.75 Å². The number of carbonyl (C=O) groups is 1. The molecule has 2 rings (SSSR count). The van der Waals surface area contributed by atoms with E-state index in [2.05, 4.69) is 5.16 Å². The minimum absolute atomic E-state index is 0.0643. The van der Waals surface area contributed by atoms with Crippen LogP contribution in [0.2, 0.25) is 0 Å². The first kappa shape index (κ1) is 10.2. The van der Waals surface area contributed by atoms with Gasteiger partial charge in [-0.2, -0.15) is 0 Å². The molecule has 0 unspecified atom stereocenters. The number of benzene rings is 1. The number of aryl methyl sites for hydroxylation is 1. The van der Waals surface area contributed by atoms with Gasteiger partial charge in [-0.15, -0.1) is 0 Å². The number of nitrogens with zero attached hydrogens (tertiary/aromatic N) is 1. The van der Waals surface area contributed by atoms with Crippen molar-refractivity contribution in [3.63, 3.8) is 0 Å². The number of hydrogen-bond donors (Lipinski definition) is 2. The van der Waals surface area contributed by atoms with Gasteiger partial charge >= 0.3 is 5.97 Å². The van der Waals surface area contributed by atoms with E-state index in [1.54, 1.807) is 19.1 Å². The molecule has 2 aromatic rings. The van der Waals surface area contributed by atoms with Crippen LogP contribution in [-0.2, 0) is 0 Å². The summed E-state index contributed by atoms with van der Waals surface area (Å²) in [6.07, 6.45) is 0. The fourth-order valence-corrected chi connectivity index (χ4v) is 1.52. The fourth-order valence-electron chi connectivity index (χ4n) is 1.52. The minimum Gasteiger partial charge on any atom is -0.508 e. The molecule has 0 fully saturated rings. The van der Waals surface area contributed by atoms with E-state index in [4.69, 9.17) is 9.63 Å². The highest BCUT2D eigenvalue weighted by Gasteiger charge is 2.20. The number of hydrogen-bond acceptors (Lipinski definition) is 4. The molecule has 1 heterocycles. The molecule has 0 aliphatic heterocycles. The van der Waals surface area contributed by atoms with Gasteiger partial charge in [0.15, 0.2) is 0 Å². The molecular weight excluding hydrogens is 210 g/mol. The lowest BCUT2D eigenvalue weighted by atomic mass is 10.0. The standard InChI is InChI=1S/C11H9NO4/c1-6-9(10(11(14)15)16-12-6)7-3-2-4-8(13)5-7/h2-5,13H,1H3,(H,14,15). The summed E-state index contributed by atoms with van der Waals surface area (Å²) in [5.41, 5.74) is 1.43. The third-order valence-electron chi connectivity index (χ3n) is 2.19. The first-order chi connectivity index (χ1) is 7.59. The van der Waals surface area contributed by atoms with Gasteiger partial charge in [-0.05, 0) is 24.6 Å². The van der Waals surface area contributed by atoms with Crippen molar-refractivity contribution in [3.05, 3.63) is 35.7 Å². The Morgan fingerprint density at radius 3 is 2.81 bits per heavy atom. The van der Waals surface area contributed by atoms with Crippen molar-refractivity contribution in [2.24, 2.45) is 0 Å². The maximum atomic E-state index is 10.9. The average molecular weight is 219 g/mol. The maximum Gasteiger partial charge on any atom is 0.375 e. The van der Waals surface area contributed by atoms with E-state index >= 15 is 0 Å². The van der Waals surface area contributed by atoms with Crippen LogP contribution in [0.15, 0.2) is 28.8 Å². The number of rotatable bonds is 2. The molecule has 0 saturated carbocycles. The van der Waals surface area contributed by atoms with E-state index in [0.29, 0.717) is 16.8 Å². The number of aromatic nitrogens is 1. The van der Waals surface area contributed by atoms with Crippen LogP contribution in [0.3, 0.4) is 0 Å². The van der Waals surface area contributed by atoms with E-state index in [-0.39, 0.29) is 11.5 Å². The number of phenols is 1. The molecule has 16 heavy (non-hydrogen) atoms. The number of aromatic hydroxyl groups is 1. The highest BCUT2D eigenvalue weighted by Crippen LogP contribution is 2.29. The summed E-state index contributed by atoms with van der Waals surface area (Å²) in [7, 11) is 0. The molecule has 0 bridgehead atoms. The molecule has 0 radical (unpaired) electrons. The zero-order chi connectivity index (χ0) is 11.7. The van der Waals surface area contributed by atoms with E-state index in [0.717, 1.165) is 0 Å². The second-order valence-corrected chi connectivity index (χ2v) is 3.33. The molecule has 5 nitrogen and oxygen atoms in total. The van der Waals surface area contributed by atoms with E-state index in [1.807, 2.05) is 0 Å². The zero-order valence-corrected chi connectivity index (χ0v) is 8.47. The second-order valence-electron chi connectivity index (χ2n) is 3.33. The second kappa shape index (κ2) is 3.69. The molecule has 0 saturated heterocycles. The van der Waals surface area contributed by atoms with E-state index < -0.39 is 5.97 Å². The molecular formula is C11H9NO4. The Labute approximate surface area is 90.9 Å². The van der Waals surface area contributed by atoms with Crippen LogP contribution in [0.25, 0.3) is 11.1 Å². The number of aromatic carboxylic acids is 1. The van der Waals surface area contributed by atoms with E-state index in [1.165, 1.54) is 12.1 Å². The van der Waals surface area contributed by atoms with Crippen molar-refractivity contribution in [1.82, 2.24) is 5.16 Å². The van der Waals surface area contributed by atoms with Crippen LogP contribution in [0.5, 0.6) is 5.75 Å². The minimum atomic E-state index is -1.18. The molecule has 0 spiro atoms. The summed E-state index contributed by atoms with van der Waals surface area (Å²) >= 11 is 0. The van der Waals surface area contributed by atoms with Gasteiger partial charge in [0, 0.05) is 0 Å². The van der Waals surface area contributed by atoms with Crippen molar-refractivity contribution >= 4 is 5.97 Å². The van der Waals surface area contributed by atoms with Crippen LogP contribution in [0, 0.1) is 6.92 Å². The molecule has 0 aliphatic rings. The van der Waals surface area contributed by atoms with Crippen molar-refractivity contribution in [3.8, 4) is 16.9 Å². The molecule has 0 aliphatic carbocycles. The summed E-state index contributed by atoms with van der Waals surface area (Å²) < 4.78 is 4.72. The van der Waals surface area contributed by atoms with Gasteiger partial charge in [0.05, 0.1) is 11.3 Å². The Hall–Kier alpha value is -2.30. The van der Waals surface area contributed by atoms with Crippen molar-refractivity contribution in [2.75, 3.05) is 0 Å². The molecule has 2 N–H and O–H groups in total. The Morgan fingerprint density at radius 2 is 2.19 bits per heavy atom. The lowest BCUT2D eigenvalue weighted by Gasteiger charge is -2.00. The van der Waals surface area contributed by atoms with Crippen LogP contribution < -0.4 is 0 Å². The normalized spacial score (nSPS) is 10.3. The first-order valence-corrected chi connectivity index (χ1v) is 4.58. The first-order valence-electron chi connectivity index (χ1n) is 4.58. The van der Waals surface area contributed by atoms with Crippen molar-refractivity contribution in [2.45, 2.75) is 6.92 Å². The van der Waals surface area contributed by atoms with Gasteiger partial charge in [0.25, 0.3) is 5.76 Å². The summed E-state index contributed by atoms with van der Waals surface area (Å²) in [5, 5.41) is 21.9. The smallest absolute Gasteiger partial charge is 0.375 e. The largest absolute Gasteiger partial charge is 0.508 e. The van der Waals surface area contributed by atoms with Gasteiger partial charge in [-0.1, -0.05) is 17.3 Å². The van der Waals surface area contributed by atoms with Gasteiger partial charge in [-0.25, -0.2) is 4.79 Å². The summed E-state index contributed by atoms with van der Waals surface area (Å²) in [6.45, 7) is 1.65. The van der Waals surface area contributed by atoms with Crippen LogP contribution >= 0.6 is 0 Å². The lowest BCUT2D eigenvalue weighted by Crippen LogP contribution is -1.96. The maximum absolute atomic E-state index is 10.9. The third-order valence-corrected chi connectivity index (χ3v) is 2.19. The third kappa shape index (κ3) is 1.63. The monoisotopic (exact) mass is 219 g/mol. The fraction of sp³-hybridized carbons (Fsp3) is 0.0909. The van der Waals surface area contributed by atoms with Crippen LogP contribution in [-0.4, -0.2) is 21.3 Å². The highest BCUT2D eigenvalue weighted by atomic mass is 16.5. The highest BCUT2D eigenvalue weighted by molar-refractivity contribution is 5.93. The molecule has 0 atom stereocenters. The molecule has 82 valence electrons. The molecule has 1 aromatic heterocycles. The quantitative estimate of drug-likeness (QED) is 0.807. The van der Waals surface area contributed by atoms with Gasteiger partial charge in [-0.3, -0.25) is 0 Å². The summed E-state index contributed by atoms with van der Waals surface area (Å²) in [5.74, 6) is -1.34. The number of carboxylic acids is 1. The Bertz CT molecular complexity index is 545. The number of carboxylic acid groups (broad SMARTS) is 1. The number of phenolic OH excluding ortho intramolecular Hbond substituents is 1. The van der Waals surface area contributed by atoms with Crippen LogP contribution in [0.1, 0.15) is 16.2 Å². The Morgan fingerprint density at radius 1 is 1.44 bits per heavy atom. The van der Waals surface area contributed by atoms with Crippen molar-refractivity contribution < 1.29 is 19.5 Å². The van der Waals surface area contributed by atoms with Crippen LogP contribution in [0.4, 0.5) is 0 Å². The van der Waals surface area contributed by atoms with Crippen molar-refractivity contribution in [1.29, 1.82) is 0 Å². The SMILES string of the molecule is Cc1noc(C(=O)O)c1-c1cccc(O)c1. The molecule has 1 aromatic carbocycles. The molecule has 5 heteroatoms. The van der Waals surface area contributed by atoms with Gasteiger partial charge in [0.2, 0.25) is 0 Å². The average Bonchev–Trinajstić information content (AvgIpc) is 2.60. The van der Waals surface area contributed by atoms with Gasteiger partial charge < -0.3 is 14.7 Å². The Balaban J connectivity index is 2.63. The Kier molecular flexibility index (Phi) is 2.36. The predicted octanol–water partition coefficient (Wildman–Crippen LogP) is 2.05. The predicted molar refractivity (Wildman–Crippen MR) is 55.3 cm³/mol. The topological polar surface area (TPSA) is 83.6 Å².